The molecule has 2 aliphatic rings. The minimum Gasteiger partial charge on any atom is -0.443 e. The van der Waals surface area contributed by atoms with Crippen molar-refractivity contribution in [3.63, 3.8) is 0 Å². The summed E-state index contributed by atoms with van der Waals surface area (Å²) in [6.45, 7) is 9.08. The molecule has 0 aromatic heterocycles. The molecular formula is C18H25N3O2. The van der Waals surface area contributed by atoms with Gasteiger partial charge in [0.1, 0.15) is 11.4 Å². The number of para-hydroxylation sites is 1. The van der Waals surface area contributed by atoms with Crippen molar-refractivity contribution in [3.8, 4) is 0 Å². The molecule has 2 unspecified atom stereocenters. The van der Waals surface area contributed by atoms with Crippen LogP contribution in [-0.2, 0) is 11.2 Å². The van der Waals surface area contributed by atoms with Crippen LogP contribution in [0.1, 0.15) is 33.3 Å². The number of hydrogen-bond acceptors (Lipinski definition) is 4. The molecule has 2 heterocycles. The number of anilines is 1. The highest BCUT2D eigenvalue weighted by atomic mass is 16.6. The van der Waals surface area contributed by atoms with E-state index in [2.05, 4.69) is 35.4 Å². The largest absolute Gasteiger partial charge is 0.443 e. The van der Waals surface area contributed by atoms with Crippen LogP contribution in [0.15, 0.2) is 29.3 Å². The summed E-state index contributed by atoms with van der Waals surface area (Å²) in [6, 6.07) is 8.37. The normalized spacial score (nSPS) is 23.8. The van der Waals surface area contributed by atoms with Gasteiger partial charge in [-0.3, -0.25) is 9.89 Å². The highest BCUT2D eigenvalue weighted by molar-refractivity contribution is 6.01. The third-order valence-corrected chi connectivity index (χ3v) is 4.21. The number of nitrogens with one attached hydrogen (secondary N) is 1. The van der Waals surface area contributed by atoms with Gasteiger partial charge in [-0.2, -0.15) is 0 Å². The number of carbonyl (C=O) groups is 1. The van der Waals surface area contributed by atoms with Gasteiger partial charge in [-0.05, 0) is 44.7 Å². The third-order valence-electron chi connectivity index (χ3n) is 4.21. The van der Waals surface area contributed by atoms with E-state index in [1.54, 1.807) is 4.90 Å². The van der Waals surface area contributed by atoms with Gasteiger partial charge in [0.15, 0.2) is 0 Å². The summed E-state index contributed by atoms with van der Waals surface area (Å²) in [5, 5.41) is 3.56. The Bertz CT molecular complexity index is 633. The van der Waals surface area contributed by atoms with Crippen LogP contribution in [-0.4, -0.2) is 41.6 Å². The minimum atomic E-state index is -0.497. The quantitative estimate of drug-likeness (QED) is 0.865. The lowest BCUT2D eigenvalue weighted by molar-refractivity contribution is 0.0379. The Hall–Kier alpha value is -2.04. The molecule has 0 spiro atoms. The Morgan fingerprint density at radius 1 is 1.35 bits per heavy atom. The molecular weight excluding hydrogens is 290 g/mol. The number of benzene rings is 1. The Kier molecular flexibility index (Phi) is 4.04. The van der Waals surface area contributed by atoms with Crippen LogP contribution in [0.5, 0.6) is 0 Å². The molecule has 0 fully saturated rings. The Morgan fingerprint density at radius 2 is 2.09 bits per heavy atom. The topological polar surface area (TPSA) is 53.9 Å². The van der Waals surface area contributed by atoms with Crippen LogP contribution in [0.4, 0.5) is 10.5 Å². The SMILES string of the molecule is CC1Cc2ccccc2NC1C1=NCCN1C(=O)OC(C)(C)C. The Morgan fingerprint density at radius 3 is 2.83 bits per heavy atom. The summed E-state index contributed by atoms with van der Waals surface area (Å²) in [7, 11) is 0. The smallest absolute Gasteiger partial charge is 0.415 e. The van der Waals surface area contributed by atoms with Crippen LogP contribution in [0, 0.1) is 5.92 Å². The molecule has 2 atom stereocenters. The van der Waals surface area contributed by atoms with Crippen molar-refractivity contribution in [2.75, 3.05) is 18.4 Å². The lowest BCUT2D eigenvalue weighted by Gasteiger charge is -2.35. The van der Waals surface area contributed by atoms with Crippen LogP contribution in [0.3, 0.4) is 0 Å². The summed E-state index contributed by atoms with van der Waals surface area (Å²) in [5.41, 5.74) is 1.95. The van der Waals surface area contributed by atoms with Gasteiger partial charge in [0, 0.05) is 5.69 Å². The number of amides is 1. The number of amidine groups is 1. The first kappa shape index (κ1) is 15.8. The van der Waals surface area contributed by atoms with Crippen LogP contribution in [0.2, 0.25) is 0 Å². The van der Waals surface area contributed by atoms with E-state index >= 15 is 0 Å². The number of hydrogen-bond donors (Lipinski definition) is 1. The molecule has 5 heteroatoms. The van der Waals surface area contributed by atoms with Crippen molar-refractivity contribution in [1.29, 1.82) is 0 Å². The minimum absolute atomic E-state index is 0.0416. The predicted octanol–water partition coefficient (Wildman–Crippen LogP) is 3.31. The number of fused-ring (bicyclic) bond motifs is 1. The second kappa shape index (κ2) is 5.87. The summed E-state index contributed by atoms with van der Waals surface area (Å²) in [5.74, 6) is 1.17. The maximum Gasteiger partial charge on any atom is 0.415 e. The molecule has 1 N–H and O–H groups in total. The first-order chi connectivity index (χ1) is 10.8. The van der Waals surface area contributed by atoms with E-state index in [0.29, 0.717) is 19.0 Å². The zero-order valence-corrected chi connectivity index (χ0v) is 14.3. The van der Waals surface area contributed by atoms with Crippen molar-refractivity contribution in [3.05, 3.63) is 29.8 Å². The van der Waals surface area contributed by atoms with E-state index in [0.717, 1.165) is 17.9 Å². The molecule has 0 bridgehead atoms. The molecule has 0 radical (unpaired) electrons. The summed E-state index contributed by atoms with van der Waals surface area (Å²) in [6.07, 6.45) is 0.677. The summed E-state index contributed by atoms with van der Waals surface area (Å²) in [4.78, 5) is 18.7. The molecule has 1 amide bonds. The standard InChI is InChI=1S/C18H25N3O2/c1-12-11-13-7-5-6-8-14(13)20-15(12)16-19-9-10-21(16)17(22)23-18(2,3)4/h5-8,12,15,20H,9-11H2,1-4H3. The van der Waals surface area contributed by atoms with Gasteiger partial charge in [-0.15, -0.1) is 0 Å². The van der Waals surface area contributed by atoms with Gasteiger partial charge in [0.05, 0.1) is 19.1 Å². The third kappa shape index (κ3) is 3.33. The monoisotopic (exact) mass is 315 g/mol. The highest BCUT2D eigenvalue weighted by Gasteiger charge is 2.37. The first-order valence-corrected chi connectivity index (χ1v) is 8.24. The molecule has 1 aromatic carbocycles. The Balaban J connectivity index is 1.79. The maximum absolute atomic E-state index is 12.5. The van der Waals surface area contributed by atoms with Crippen LogP contribution in [0.25, 0.3) is 0 Å². The molecule has 0 saturated heterocycles. The van der Waals surface area contributed by atoms with Crippen molar-refractivity contribution in [2.45, 2.75) is 45.8 Å². The average molecular weight is 315 g/mol. The zero-order chi connectivity index (χ0) is 16.6. The lowest BCUT2D eigenvalue weighted by Crippen LogP contribution is -2.49. The second-order valence-corrected chi connectivity index (χ2v) is 7.33. The number of carbonyl (C=O) groups excluding carboxylic acids is 1. The van der Waals surface area contributed by atoms with Crippen LogP contribution >= 0.6 is 0 Å². The van der Waals surface area contributed by atoms with E-state index in [1.165, 1.54) is 5.56 Å². The van der Waals surface area contributed by atoms with Gasteiger partial charge in [0.2, 0.25) is 0 Å². The molecule has 2 aliphatic heterocycles. The summed E-state index contributed by atoms with van der Waals surface area (Å²) >= 11 is 0. The number of aliphatic imine (C=N–C) groups is 1. The second-order valence-electron chi connectivity index (χ2n) is 7.33. The zero-order valence-electron chi connectivity index (χ0n) is 14.3. The van der Waals surface area contributed by atoms with E-state index in [1.807, 2.05) is 26.8 Å². The lowest BCUT2D eigenvalue weighted by atomic mass is 9.88. The Labute approximate surface area is 137 Å². The van der Waals surface area contributed by atoms with Gasteiger partial charge in [0.25, 0.3) is 0 Å². The van der Waals surface area contributed by atoms with E-state index in [9.17, 15) is 4.79 Å². The molecule has 0 saturated carbocycles. The number of rotatable bonds is 1. The van der Waals surface area contributed by atoms with Crippen molar-refractivity contribution >= 4 is 17.6 Å². The molecule has 23 heavy (non-hydrogen) atoms. The number of ether oxygens (including phenoxy) is 1. The van der Waals surface area contributed by atoms with E-state index in [4.69, 9.17) is 4.74 Å². The van der Waals surface area contributed by atoms with E-state index < -0.39 is 5.60 Å². The molecule has 0 aliphatic carbocycles. The predicted molar refractivity (Wildman–Crippen MR) is 92.0 cm³/mol. The van der Waals surface area contributed by atoms with Crippen LogP contribution < -0.4 is 5.32 Å². The molecule has 3 rings (SSSR count). The fourth-order valence-electron chi connectivity index (χ4n) is 3.17. The molecule has 1 aromatic rings. The van der Waals surface area contributed by atoms with Gasteiger partial charge >= 0.3 is 6.09 Å². The number of nitrogens with zero attached hydrogens (tertiary/aromatic N) is 2. The maximum atomic E-state index is 12.5. The first-order valence-electron chi connectivity index (χ1n) is 8.24. The van der Waals surface area contributed by atoms with Crippen molar-refractivity contribution in [1.82, 2.24) is 4.90 Å². The van der Waals surface area contributed by atoms with Gasteiger partial charge in [-0.1, -0.05) is 25.1 Å². The van der Waals surface area contributed by atoms with E-state index in [-0.39, 0.29) is 12.1 Å². The van der Waals surface area contributed by atoms with Gasteiger partial charge in [-0.25, -0.2) is 4.79 Å². The summed E-state index contributed by atoms with van der Waals surface area (Å²) < 4.78 is 5.53. The van der Waals surface area contributed by atoms with Crippen molar-refractivity contribution in [2.24, 2.45) is 10.9 Å². The fourth-order valence-corrected chi connectivity index (χ4v) is 3.17. The van der Waals surface area contributed by atoms with Crippen molar-refractivity contribution < 1.29 is 9.53 Å². The highest BCUT2D eigenvalue weighted by Crippen LogP contribution is 2.30. The fraction of sp³-hybridized carbons (Fsp3) is 0.556. The molecule has 124 valence electrons. The average Bonchev–Trinajstić information content (AvgIpc) is 2.94. The molecule has 5 nitrogen and oxygen atoms in total. The van der Waals surface area contributed by atoms with Gasteiger partial charge < -0.3 is 10.1 Å².